The van der Waals surface area contributed by atoms with Crippen LogP contribution in [0.3, 0.4) is 0 Å². The van der Waals surface area contributed by atoms with Gasteiger partial charge < -0.3 is 5.32 Å². The van der Waals surface area contributed by atoms with Crippen molar-refractivity contribution in [1.82, 2.24) is 9.97 Å². The lowest BCUT2D eigenvalue weighted by atomic mass is 10.2. The highest BCUT2D eigenvalue weighted by molar-refractivity contribution is 7.91. The predicted octanol–water partition coefficient (Wildman–Crippen LogP) is 3.10. The van der Waals surface area contributed by atoms with Crippen LogP contribution in [0.4, 0.5) is 5.82 Å². The molecule has 3 aromatic rings. The van der Waals surface area contributed by atoms with Gasteiger partial charge in [-0.2, -0.15) is 0 Å². The van der Waals surface area contributed by atoms with Crippen LogP contribution in [0.15, 0.2) is 54.6 Å². The molecule has 23 heavy (non-hydrogen) atoms. The van der Waals surface area contributed by atoms with E-state index in [0.29, 0.717) is 11.6 Å². The second kappa shape index (κ2) is 6.34. The van der Waals surface area contributed by atoms with E-state index in [-0.39, 0.29) is 11.6 Å². The highest BCUT2D eigenvalue weighted by Crippen LogP contribution is 2.24. The Labute approximate surface area is 135 Å². The minimum Gasteiger partial charge on any atom is -0.356 e. The summed E-state index contributed by atoms with van der Waals surface area (Å²) in [7, 11) is -3.14. The summed E-state index contributed by atoms with van der Waals surface area (Å²) in [5.41, 5.74) is 1.66. The van der Waals surface area contributed by atoms with Gasteiger partial charge in [0.15, 0.2) is 15.7 Å². The topological polar surface area (TPSA) is 72.0 Å². The van der Waals surface area contributed by atoms with Crippen molar-refractivity contribution in [3.63, 3.8) is 0 Å². The zero-order valence-electron chi connectivity index (χ0n) is 12.7. The molecular formula is C17H17N3O2S. The smallest absolute Gasteiger partial charge is 0.167 e. The molecule has 1 aromatic heterocycles. The maximum absolute atomic E-state index is 11.8. The molecule has 0 fully saturated rings. The zero-order chi connectivity index (χ0) is 16.3. The molecule has 1 heterocycles. The van der Waals surface area contributed by atoms with Crippen LogP contribution >= 0.6 is 0 Å². The van der Waals surface area contributed by atoms with Gasteiger partial charge in [0.1, 0.15) is 11.7 Å². The first kappa shape index (κ1) is 15.4. The van der Waals surface area contributed by atoms with Crippen LogP contribution in [0.1, 0.15) is 6.92 Å². The van der Waals surface area contributed by atoms with Gasteiger partial charge in [0.25, 0.3) is 0 Å². The van der Waals surface area contributed by atoms with Crippen molar-refractivity contribution in [3.8, 4) is 11.4 Å². The summed E-state index contributed by atoms with van der Waals surface area (Å²) < 4.78 is 23.5. The zero-order valence-corrected chi connectivity index (χ0v) is 13.5. The fourth-order valence-electron chi connectivity index (χ4n) is 2.21. The summed E-state index contributed by atoms with van der Waals surface area (Å²) in [4.78, 5) is 9.09. The normalized spacial score (nSPS) is 11.5. The predicted molar refractivity (Wildman–Crippen MR) is 92.9 cm³/mol. The third-order valence-corrected chi connectivity index (χ3v) is 5.00. The Balaban J connectivity index is 2.08. The first-order valence-electron chi connectivity index (χ1n) is 7.35. The second-order valence-corrected chi connectivity index (χ2v) is 7.49. The SMILES string of the molecule is CCS(=O)(=O)CNc1nc(-c2ccccc2)nc2ccccc12. The quantitative estimate of drug-likeness (QED) is 0.779. The van der Waals surface area contributed by atoms with Crippen LogP contribution in [0, 0.1) is 0 Å². The van der Waals surface area contributed by atoms with Gasteiger partial charge in [0, 0.05) is 16.7 Å². The van der Waals surface area contributed by atoms with E-state index in [2.05, 4.69) is 15.3 Å². The number of para-hydroxylation sites is 1. The van der Waals surface area contributed by atoms with E-state index >= 15 is 0 Å². The summed E-state index contributed by atoms with van der Waals surface area (Å²) in [5.74, 6) is 1.06. The van der Waals surface area contributed by atoms with Gasteiger partial charge in [-0.1, -0.05) is 49.4 Å². The van der Waals surface area contributed by atoms with Gasteiger partial charge in [0.05, 0.1) is 5.52 Å². The van der Waals surface area contributed by atoms with Gasteiger partial charge >= 0.3 is 0 Å². The van der Waals surface area contributed by atoms with E-state index in [9.17, 15) is 8.42 Å². The maximum atomic E-state index is 11.8. The molecule has 5 nitrogen and oxygen atoms in total. The van der Waals surface area contributed by atoms with Gasteiger partial charge in [-0.05, 0) is 12.1 Å². The number of hydrogen-bond acceptors (Lipinski definition) is 5. The van der Waals surface area contributed by atoms with E-state index in [1.54, 1.807) is 6.92 Å². The number of anilines is 1. The lowest BCUT2D eigenvalue weighted by molar-refractivity contribution is 0.599. The van der Waals surface area contributed by atoms with Gasteiger partial charge in [-0.25, -0.2) is 18.4 Å². The van der Waals surface area contributed by atoms with Gasteiger partial charge in [-0.3, -0.25) is 0 Å². The van der Waals surface area contributed by atoms with E-state index in [1.807, 2.05) is 54.6 Å². The summed E-state index contributed by atoms with van der Waals surface area (Å²) in [5, 5.41) is 3.75. The van der Waals surface area contributed by atoms with Crippen LogP contribution in [-0.4, -0.2) is 30.0 Å². The lowest BCUT2D eigenvalue weighted by Crippen LogP contribution is -2.17. The molecule has 0 aliphatic carbocycles. The Morgan fingerprint density at radius 2 is 1.65 bits per heavy atom. The molecular weight excluding hydrogens is 310 g/mol. The Bertz CT molecular complexity index is 925. The van der Waals surface area contributed by atoms with Crippen LogP contribution < -0.4 is 5.32 Å². The molecule has 1 N–H and O–H groups in total. The molecule has 0 unspecified atom stereocenters. The van der Waals surface area contributed by atoms with Gasteiger partial charge in [-0.15, -0.1) is 0 Å². The summed E-state index contributed by atoms with van der Waals surface area (Å²) in [6.07, 6.45) is 0. The number of sulfone groups is 1. The summed E-state index contributed by atoms with van der Waals surface area (Å²) in [6, 6.07) is 17.2. The highest BCUT2D eigenvalue weighted by atomic mass is 32.2. The van der Waals surface area contributed by atoms with Crippen molar-refractivity contribution in [2.24, 2.45) is 0 Å². The number of benzene rings is 2. The van der Waals surface area contributed by atoms with Crippen molar-refractivity contribution in [1.29, 1.82) is 0 Å². The number of hydrogen-bond donors (Lipinski definition) is 1. The van der Waals surface area contributed by atoms with Crippen LogP contribution in [0.2, 0.25) is 0 Å². The molecule has 0 saturated heterocycles. The van der Waals surface area contributed by atoms with E-state index < -0.39 is 9.84 Å². The largest absolute Gasteiger partial charge is 0.356 e. The van der Waals surface area contributed by atoms with E-state index in [0.717, 1.165) is 16.5 Å². The standard InChI is InChI=1S/C17H17N3O2S/c1-2-23(21,22)12-18-17-14-10-6-7-11-15(14)19-16(20-17)13-8-4-3-5-9-13/h3-11H,2,12H2,1H3,(H,18,19,20). The lowest BCUT2D eigenvalue weighted by Gasteiger charge is -2.11. The van der Waals surface area contributed by atoms with Crippen molar-refractivity contribution < 1.29 is 8.42 Å². The number of aromatic nitrogens is 2. The average molecular weight is 327 g/mol. The third-order valence-electron chi connectivity index (χ3n) is 3.53. The first-order chi connectivity index (χ1) is 11.1. The number of nitrogens with zero attached hydrogens (tertiary/aromatic N) is 2. The number of nitrogens with one attached hydrogen (secondary N) is 1. The Hall–Kier alpha value is -2.47. The monoisotopic (exact) mass is 327 g/mol. The summed E-state index contributed by atoms with van der Waals surface area (Å²) in [6.45, 7) is 1.63. The Morgan fingerprint density at radius 1 is 0.957 bits per heavy atom. The minimum atomic E-state index is -3.14. The minimum absolute atomic E-state index is 0.0918. The molecule has 0 bridgehead atoms. The van der Waals surface area contributed by atoms with Crippen molar-refractivity contribution in [2.75, 3.05) is 16.9 Å². The fraction of sp³-hybridized carbons (Fsp3) is 0.176. The molecule has 0 spiro atoms. The molecule has 0 saturated carbocycles. The van der Waals surface area contributed by atoms with Crippen LogP contribution in [0.5, 0.6) is 0 Å². The van der Waals surface area contributed by atoms with E-state index in [4.69, 9.17) is 0 Å². The van der Waals surface area contributed by atoms with Crippen molar-refractivity contribution in [2.45, 2.75) is 6.92 Å². The van der Waals surface area contributed by atoms with Crippen LogP contribution in [-0.2, 0) is 9.84 Å². The molecule has 0 radical (unpaired) electrons. The Morgan fingerprint density at radius 3 is 2.39 bits per heavy atom. The molecule has 3 rings (SSSR count). The molecule has 2 aromatic carbocycles. The Kier molecular flexibility index (Phi) is 4.25. The van der Waals surface area contributed by atoms with E-state index in [1.165, 1.54) is 0 Å². The van der Waals surface area contributed by atoms with Gasteiger partial charge in [0.2, 0.25) is 0 Å². The molecule has 0 aliphatic rings. The number of fused-ring (bicyclic) bond motifs is 1. The number of rotatable bonds is 5. The molecule has 118 valence electrons. The molecule has 0 aliphatic heterocycles. The highest BCUT2D eigenvalue weighted by Gasteiger charge is 2.12. The first-order valence-corrected chi connectivity index (χ1v) is 9.18. The maximum Gasteiger partial charge on any atom is 0.167 e. The molecule has 0 amide bonds. The van der Waals surface area contributed by atoms with Crippen molar-refractivity contribution >= 4 is 26.6 Å². The van der Waals surface area contributed by atoms with Crippen LogP contribution in [0.25, 0.3) is 22.3 Å². The van der Waals surface area contributed by atoms with Crippen molar-refractivity contribution in [3.05, 3.63) is 54.6 Å². The molecule has 6 heteroatoms. The second-order valence-electron chi connectivity index (χ2n) is 5.13. The molecule has 0 atom stereocenters. The fourth-order valence-corrected chi connectivity index (χ4v) is 2.77. The average Bonchev–Trinajstić information content (AvgIpc) is 2.60. The summed E-state index contributed by atoms with van der Waals surface area (Å²) >= 11 is 0. The third kappa shape index (κ3) is 3.48.